The van der Waals surface area contributed by atoms with Crippen molar-refractivity contribution in [2.75, 3.05) is 6.61 Å². The molecule has 1 nitrogen and oxygen atoms in total. The van der Waals surface area contributed by atoms with E-state index in [0.29, 0.717) is 6.42 Å². The van der Waals surface area contributed by atoms with Crippen LogP contribution >= 0.6 is 0 Å². The predicted octanol–water partition coefficient (Wildman–Crippen LogP) is 2.75. The van der Waals surface area contributed by atoms with Gasteiger partial charge < -0.3 is 4.74 Å². The summed E-state index contributed by atoms with van der Waals surface area (Å²) in [4.78, 5) is 0. The second kappa shape index (κ2) is 3.43. The first kappa shape index (κ1) is 10.8. The van der Waals surface area contributed by atoms with Crippen molar-refractivity contribution >= 4 is 0 Å². The van der Waals surface area contributed by atoms with E-state index in [2.05, 4.69) is 4.74 Å². The van der Waals surface area contributed by atoms with Crippen LogP contribution in [-0.4, -0.2) is 18.4 Å². The first-order valence-electron chi connectivity index (χ1n) is 3.52. The van der Waals surface area contributed by atoms with Crippen LogP contribution in [0.3, 0.4) is 0 Å². The van der Waals surface area contributed by atoms with Gasteiger partial charge >= 0.3 is 6.11 Å². The van der Waals surface area contributed by atoms with Gasteiger partial charge in [0.15, 0.2) is 5.67 Å². The first-order chi connectivity index (χ1) is 4.81. The molecule has 0 aliphatic heterocycles. The third-order valence-electron chi connectivity index (χ3n) is 1.18. The van der Waals surface area contributed by atoms with Crippen LogP contribution in [0, 0.1) is 0 Å². The fourth-order valence-corrected chi connectivity index (χ4v) is 0.402. The largest absolute Gasteiger partial charge is 0.389 e. The quantitative estimate of drug-likeness (QED) is 0.630. The van der Waals surface area contributed by atoms with Gasteiger partial charge in [0.2, 0.25) is 0 Å². The molecular weight excluding hydrogens is 157 g/mol. The normalized spacial score (nSPS) is 13.6. The highest BCUT2D eigenvalue weighted by molar-refractivity contribution is 4.76. The minimum absolute atomic E-state index is 0.125. The summed E-state index contributed by atoms with van der Waals surface area (Å²) in [6.07, 6.45) is -3.23. The van der Waals surface area contributed by atoms with Crippen molar-refractivity contribution in [3.63, 3.8) is 0 Å². The minimum Gasteiger partial charge on any atom is -0.318 e. The zero-order valence-corrected chi connectivity index (χ0v) is 6.96. The summed E-state index contributed by atoms with van der Waals surface area (Å²) >= 11 is 0. The van der Waals surface area contributed by atoms with Crippen LogP contribution in [0.4, 0.5) is 13.2 Å². The van der Waals surface area contributed by atoms with Crippen molar-refractivity contribution < 1.29 is 17.9 Å². The van der Waals surface area contributed by atoms with E-state index in [0.717, 1.165) is 13.8 Å². The van der Waals surface area contributed by atoms with Gasteiger partial charge in [0.05, 0.1) is 6.61 Å². The fourth-order valence-electron chi connectivity index (χ4n) is 0.402. The molecule has 0 unspecified atom stereocenters. The molecule has 0 aromatic heterocycles. The molecule has 11 heavy (non-hydrogen) atoms. The Balaban J connectivity index is 4.00. The molecule has 0 amide bonds. The molecule has 0 aliphatic carbocycles. The lowest BCUT2D eigenvalue weighted by Gasteiger charge is -2.25. The van der Waals surface area contributed by atoms with Gasteiger partial charge in [-0.25, -0.2) is 4.39 Å². The van der Waals surface area contributed by atoms with Crippen molar-refractivity contribution in [3.8, 4) is 0 Å². The summed E-state index contributed by atoms with van der Waals surface area (Å²) in [6, 6.07) is 0. The van der Waals surface area contributed by atoms with E-state index in [1.54, 1.807) is 6.92 Å². The van der Waals surface area contributed by atoms with E-state index in [4.69, 9.17) is 0 Å². The lowest BCUT2D eigenvalue weighted by Crippen LogP contribution is -2.41. The molecule has 0 rings (SSSR count). The zero-order valence-electron chi connectivity index (χ0n) is 6.96. The average Bonchev–Trinajstić information content (AvgIpc) is 1.81. The maximum atomic E-state index is 12.6. The summed E-state index contributed by atoms with van der Waals surface area (Å²) < 4.78 is 41.7. The van der Waals surface area contributed by atoms with Crippen LogP contribution < -0.4 is 0 Å². The highest BCUT2D eigenvalue weighted by Crippen LogP contribution is 2.32. The van der Waals surface area contributed by atoms with Gasteiger partial charge in [-0.05, 0) is 20.3 Å². The van der Waals surface area contributed by atoms with Gasteiger partial charge in [0.1, 0.15) is 0 Å². The van der Waals surface area contributed by atoms with Gasteiger partial charge in [-0.3, -0.25) is 0 Å². The Morgan fingerprint density at radius 1 is 1.18 bits per heavy atom. The summed E-state index contributed by atoms with van der Waals surface area (Å²) in [5.74, 6) is 0. The second-order valence-electron chi connectivity index (χ2n) is 2.84. The molecule has 68 valence electrons. The van der Waals surface area contributed by atoms with Crippen LogP contribution in [0.15, 0.2) is 0 Å². The average molecular weight is 170 g/mol. The van der Waals surface area contributed by atoms with E-state index < -0.39 is 11.8 Å². The highest BCUT2D eigenvalue weighted by Gasteiger charge is 2.48. The third-order valence-corrected chi connectivity index (χ3v) is 1.18. The molecule has 0 atom stereocenters. The number of alkyl halides is 3. The molecule has 0 fully saturated rings. The summed E-state index contributed by atoms with van der Waals surface area (Å²) in [6.45, 7) is 3.15. The minimum atomic E-state index is -3.68. The molecule has 0 saturated carbocycles. The Hall–Kier alpha value is -0.250. The summed E-state index contributed by atoms with van der Waals surface area (Å²) in [5.41, 5.74) is -2.61. The van der Waals surface area contributed by atoms with Gasteiger partial charge in [-0.15, -0.1) is 0 Å². The highest BCUT2D eigenvalue weighted by atomic mass is 19.3. The molecule has 0 radical (unpaired) electrons. The van der Waals surface area contributed by atoms with Gasteiger partial charge in [0.25, 0.3) is 0 Å². The maximum Gasteiger partial charge on any atom is 0.389 e. The van der Waals surface area contributed by atoms with E-state index in [1.807, 2.05) is 0 Å². The second-order valence-corrected chi connectivity index (χ2v) is 2.84. The molecule has 0 saturated heterocycles. The number of hydrogen-bond acceptors (Lipinski definition) is 1. The zero-order chi connectivity index (χ0) is 9.12. The summed E-state index contributed by atoms with van der Waals surface area (Å²) in [5, 5.41) is 0. The monoisotopic (exact) mass is 170 g/mol. The lowest BCUT2D eigenvalue weighted by atomic mass is 10.1. The Labute approximate surface area is 64.5 Å². The Kier molecular flexibility index (Phi) is 3.35. The standard InChI is InChI=1S/C7H13F3O/c1-4-5-11-7(9,10)6(2,3)8/h4-5H2,1-3H3. The van der Waals surface area contributed by atoms with Crippen LogP contribution in [0.2, 0.25) is 0 Å². The number of ether oxygens (including phenoxy) is 1. The molecule has 0 heterocycles. The number of halogens is 3. The molecular formula is C7H13F3O. The molecule has 0 aliphatic rings. The van der Waals surface area contributed by atoms with Crippen LogP contribution in [0.25, 0.3) is 0 Å². The van der Waals surface area contributed by atoms with Gasteiger partial charge in [-0.1, -0.05) is 6.92 Å². The van der Waals surface area contributed by atoms with Gasteiger partial charge in [-0.2, -0.15) is 8.78 Å². The van der Waals surface area contributed by atoms with E-state index in [9.17, 15) is 13.2 Å². The molecule has 0 bridgehead atoms. The molecule has 0 N–H and O–H groups in total. The predicted molar refractivity (Wildman–Crippen MR) is 36.4 cm³/mol. The van der Waals surface area contributed by atoms with Gasteiger partial charge in [0, 0.05) is 0 Å². The Bertz CT molecular complexity index is 117. The number of rotatable bonds is 4. The fraction of sp³-hybridized carbons (Fsp3) is 1.00. The van der Waals surface area contributed by atoms with E-state index in [1.165, 1.54) is 0 Å². The summed E-state index contributed by atoms with van der Waals surface area (Å²) in [7, 11) is 0. The number of hydrogen-bond donors (Lipinski definition) is 0. The van der Waals surface area contributed by atoms with E-state index in [-0.39, 0.29) is 6.61 Å². The van der Waals surface area contributed by atoms with Crippen molar-refractivity contribution in [1.29, 1.82) is 0 Å². The Morgan fingerprint density at radius 2 is 1.64 bits per heavy atom. The van der Waals surface area contributed by atoms with Crippen molar-refractivity contribution in [2.24, 2.45) is 0 Å². The lowest BCUT2D eigenvalue weighted by molar-refractivity contribution is -0.300. The maximum absolute atomic E-state index is 12.6. The van der Waals surface area contributed by atoms with Crippen LogP contribution in [-0.2, 0) is 4.74 Å². The topological polar surface area (TPSA) is 9.23 Å². The third kappa shape index (κ3) is 3.10. The first-order valence-corrected chi connectivity index (χ1v) is 3.52. The molecule has 0 aromatic rings. The van der Waals surface area contributed by atoms with Crippen molar-refractivity contribution in [3.05, 3.63) is 0 Å². The smallest absolute Gasteiger partial charge is 0.318 e. The van der Waals surface area contributed by atoms with E-state index >= 15 is 0 Å². The van der Waals surface area contributed by atoms with Crippen LogP contribution in [0.1, 0.15) is 27.2 Å². The molecule has 4 heteroatoms. The SMILES string of the molecule is CCCOC(F)(F)C(C)(C)F. The van der Waals surface area contributed by atoms with Crippen molar-refractivity contribution in [2.45, 2.75) is 39.0 Å². The Morgan fingerprint density at radius 3 is 1.91 bits per heavy atom. The van der Waals surface area contributed by atoms with Crippen LogP contribution in [0.5, 0.6) is 0 Å². The molecule has 0 aromatic carbocycles. The van der Waals surface area contributed by atoms with Crippen molar-refractivity contribution in [1.82, 2.24) is 0 Å². The molecule has 0 spiro atoms.